The van der Waals surface area contributed by atoms with Crippen LogP contribution in [0.3, 0.4) is 0 Å². The van der Waals surface area contributed by atoms with Crippen molar-refractivity contribution in [1.29, 1.82) is 0 Å². The van der Waals surface area contributed by atoms with Gasteiger partial charge in [-0.1, -0.05) is 54.9 Å². The van der Waals surface area contributed by atoms with Crippen molar-refractivity contribution >= 4 is 17.6 Å². The van der Waals surface area contributed by atoms with E-state index in [9.17, 15) is 19.8 Å². The lowest BCUT2D eigenvalue weighted by molar-refractivity contribution is -0.137. The van der Waals surface area contributed by atoms with Gasteiger partial charge in [0.2, 0.25) is 0 Å². The highest BCUT2D eigenvalue weighted by Crippen LogP contribution is 2.65. The molecule has 7 atom stereocenters. The number of fused-ring (bicyclic) bond motifs is 5. The number of carboxylic acid groups (broad SMARTS) is 1. The lowest BCUT2D eigenvalue weighted by atomic mass is 9.47. The van der Waals surface area contributed by atoms with E-state index >= 15 is 0 Å². The summed E-state index contributed by atoms with van der Waals surface area (Å²) in [5.74, 6) is 0.506. The molecule has 5 rings (SSSR count). The van der Waals surface area contributed by atoms with E-state index in [2.05, 4.69) is 30.4 Å². The van der Waals surface area contributed by atoms with E-state index in [1.807, 2.05) is 30.3 Å². The number of benzene rings is 1. The molecule has 7 nitrogen and oxygen atoms in total. The van der Waals surface area contributed by atoms with Gasteiger partial charge in [0, 0.05) is 12.5 Å². The van der Waals surface area contributed by atoms with E-state index in [-0.39, 0.29) is 48.3 Å². The van der Waals surface area contributed by atoms with Gasteiger partial charge in [-0.25, -0.2) is 0 Å². The number of carbonyl (C=O) groups excluding carboxylic acids is 1. The molecular formula is C31H42N2O5. The fourth-order valence-corrected chi connectivity index (χ4v) is 8.32. The Bertz CT molecular complexity index is 1100. The average Bonchev–Trinajstić information content (AvgIpc) is 3.21. The van der Waals surface area contributed by atoms with Gasteiger partial charge in [-0.3, -0.25) is 9.59 Å². The summed E-state index contributed by atoms with van der Waals surface area (Å²) in [4.78, 5) is 29.1. The molecule has 7 heteroatoms. The van der Waals surface area contributed by atoms with Crippen LogP contribution in [0.15, 0.2) is 47.1 Å². The number of hydrogen-bond donors (Lipinski definition) is 3. The lowest BCUT2D eigenvalue weighted by Crippen LogP contribution is -2.51. The Kier molecular flexibility index (Phi) is 7.67. The molecule has 0 radical (unpaired) electrons. The summed E-state index contributed by atoms with van der Waals surface area (Å²) in [6, 6.07) is 9.37. The van der Waals surface area contributed by atoms with Crippen molar-refractivity contribution < 1.29 is 24.6 Å². The summed E-state index contributed by atoms with van der Waals surface area (Å²) in [6.07, 6.45) is 10.6. The highest BCUT2D eigenvalue weighted by atomic mass is 16.6. The summed E-state index contributed by atoms with van der Waals surface area (Å²) in [5, 5.41) is 27.0. The van der Waals surface area contributed by atoms with Crippen LogP contribution >= 0.6 is 0 Å². The first-order valence-corrected chi connectivity index (χ1v) is 14.3. The number of carbonyl (C=O) groups is 2. The number of aliphatic hydroxyl groups is 1. The molecule has 0 aromatic heterocycles. The third kappa shape index (κ3) is 5.14. The van der Waals surface area contributed by atoms with Crippen LogP contribution < -0.4 is 5.32 Å². The molecule has 1 aromatic rings. The SMILES string of the molecule is C[C@]12CC[C@H]3[C@H](CCC4=CC(=NOCC(=O)NC[C@@H](CC(=O)O)c5ccccc5)CC[C@@]43C)[C@@H]1CC[C@@H]2O. The van der Waals surface area contributed by atoms with Gasteiger partial charge in [0.1, 0.15) is 0 Å². The highest BCUT2D eigenvalue weighted by Gasteiger charge is 2.58. The topological polar surface area (TPSA) is 108 Å². The van der Waals surface area contributed by atoms with Crippen LogP contribution in [0.1, 0.15) is 83.1 Å². The summed E-state index contributed by atoms with van der Waals surface area (Å²) in [7, 11) is 0. The predicted octanol–water partition coefficient (Wildman–Crippen LogP) is 5.06. The first-order chi connectivity index (χ1) is 18.2. The molecule has 0 unspecified atom stereocenters. The zero-order valence-corrected chi connectivity index (χ0v) is 22.7. The van der Waals surface area contributed by atoms with Gasteiger partial charge in [-0.15, -0.1) is 0 Å². The molecular weight excluding hydrogens is 480 g/mol. The third-order valence-electron chi connectivity index (χ3n) is 10.5. The van der Waals surface area contributed by atoms with Gasteiger partial charge in [-0.05, 0) is 91.6 Å². The Hall–Kier alpha value is -2.67. The molecule has 1 aromatic carbocycles. The molecule has 3 saturated carbocycles. The molecule has 3 N–H and O–H groups in total. The van der Waals surface area contributed by atoms with E-state index in [4.69, 9.17) is 4.84 Å². The maximum absolute atomic E-state index is 12.4. The number of rotatable bonds is 8. The Morgan fingerprint density at radius 3 is 2.63 bits per heavy atom. The molecule has 206 valence electrons. The number of oxime groups is 1. The Morgan fingerprint density at radius 1 is 1.08 bits per heavy atom. The maximum Gasteiger partial charge on any atom is 0.304 e. The van der Waals surface area contributed by atoms with Crippen molar-refractivity contribution in [3.8, 4) is 0 Å². The van der Waals surface area contributed by atoms with Crippen molar-refractivity contribution in [2.75, 3.05) is 13.2 Å². The Balaban J connectivity index is 1.16. The normalized spacial score (nSPS) is 35.9. The molecule has 0 saturated heterocycles. The zero-order chi connectivity index (χ0) is 26.9. The third-order valence-corrected chi connectivity index (χ3v) is 10.5. The number of nitrogens with one attached hydrogen (secondary N) is 1. The minimum absolute atomic E-state index is 0.0534. The van der Waals surface area contributed by atoms with E-state index in [0.29, 0.717) is 17.8 Å². The Labute approximate surface area is 225 Å². The number of amides is 1. The van der Waals surface area contributed by atoms with Gasteiger partial charge >= 0.3 is 5.97 Å². The van der Waals surface area contributed by atoms with E-state index < -0.39 is 5.97 Å². The molecule has 3 fully saturated rings. The highest BCUT2D eigenvalue weighted by molar-refractivity contribution is 5.96. The summed E-state index contributed by atoms with van der Waals surface area (Å²) < 4.78 is 0. The van der Waals surface area contributed by atoms with Crippen LogP contribution in [0.2, 0.25) is 0 Å². The number of allylic oxidation sites excluding steroid dienone is 2. The van der Waals surface area contributed by atoms with Gasteiger partial charge < -0.3 is 20.4 Å². The minimum Gasteiger partial charge on any atom is -0.481 e. The molecule has 0 spiro atoms. The fraction of sp³-hybridized carbons (Fsp3) is 0.645. The first-order valence-electron chi connectivity index (χ1n) is 14.3. The maximum atomic E-state index is 12.4. The molecule has 38 heavy (non-hydrogen) atoms. The molecule has 0 aliphatic heterocycles. The monoisotopic (exact) mass is 522 g/mol. The van der Waals surface area contributed by atoms with Crippen molar-refractivity contribution in [3.05, 3.63) is 47.5 Å². The van der Waals surface area contributed by atoms with Crippen molar-refractivity contribution in [3.63, 3.8) is 0 Å². The van der Waals surface area contributed by atoms with Crippen LogP contribution in [0.25, 0.3) is 0 Å². The van der Waals surface area contributed by atoms with Crippen LogP contribution in [0, 0.1) is 28.6 Å². The average molecular weight is 523 g/mol. The quantitative estimate of drug-likeness (QED) is 0.414. The molecule has 0 bridgehead atoms. The van der Waals surface area contributed by atoms with E-state index in [1.165, 1.54) is 24.8 Å². The van der Waals surface area contributed by atoms with Crippen LogP contribution in [-0.2, 0) is 14.4 Å². The smallest absolute Gasteiger partial charge is 0.304 e. The summed E-state index contributed by atoms with van der Waals surface area (Å²) in [6.45, 7) is 4.81. The van der Waals surface area contributed by atoms with E-state index in [1.54, 1.807) is 0 Å². The second-order valence-electron chi connectivity index (χ2n) is 12.5. The van der Waals surface area contributed by atoms with Gasteiger partial charge in [-0.2, -0.15) is 0 Å². The minimum atomic E-state index is -0.898. The predicted molar refractivity (Wildman–Crippen MR) is 146 cm³/mol. The van der Waals surface area contributed by atoms with Crippen molar-refractivity contribution in [1.82, 2.24) is 5.32 Å². The second-order valence-corrected chi connectivity index (χ2v) is 12.5. The number of carboxylic acids is 1. The molecule has 1 amide bonds. The standard InChI is InChI=1S/C31H42N2O5/c1-30-14-12-23(17-22(30)8-9-24-25-10-11-27(34)31(25,2)15-13-26(24)30)33-38-19-28(35)32-18-21(16-29(36)37)20-6-4-3-5-7-20/h3-7,17,21,24-27,34H,8-16,18-19H2,1-2H3,(H,32,35)(H,36,37)/t21-,24-,25+,26+,27+,30+,31+/m1/s1. The van der Waals surface area contributed by atoms with Crippen LogP contribution in [0.5, 0.6) is 0 Å². The van der Waals surface area contributed by atoms with Gasteiger partial charge in [0.25, 0.3) is 5.91 Å². The number of hydrogen-bond acceptors (Lipinski definition) is 5. The van der Waals surface area contributed by atoms with Crippen LogP contribution in [0.4, 0.5) is 0 Å². The molecule has 4 aliphatic carbocycles. The number of nitrogens with zero attached hydrogens (tertiary/aromatic N) is 1. The summed E-state index contributed by atoms with van der Waals surface area (Å²) in [5.41, 5.74) is 3.54. The van der Waals surface area contributed by atoms with Gasteiger partial charge in [0.05, 0.1) is 18.2 Å². The van der Waals surface area contributed by atoms with E-state index in [0.717, 1.165) is 43.4 Å². The number of aliphatic hydroxyl groups excluding tert-OH is 1. The van der Waals surface area contributed by atoms with Crippen molar-refractivity contribution in [2.45, 2.75) is 83.7 Å². The van der Waals surface area contributed by atoms with Gasteiger partial charge in [0.15, 0.2) is 6.61 Å². The lowest BCUT2D eigenvalue weighted by Gasteiger charge is -2.57. The second kappa shape index (κ2) is 10.8. The summed E-state index contributed by atoms with van der Waals surface area (Å²) >= 11 is 0. The largest absolute Gasteiger partial charge is 0.481 e. The Morgan fingerprint density at radius 2 is 1.87 bits per heavy atom. The fourth-order valence-electron chi connectivity index (χ4n) is 8.32. The van der Waals surface area contributed by atoms with Crippen LogP contribution in [-0.4, -0.2) is 47.1 Å². The molecule has 0 heterocycles. The number of aliphatic carboxylic acids is 1. The first kappa shape index (κ1) is 26.9. The molecule has 4 aliphatic rings. The zero-order valence-electron chi connectivity index (χ0n) is 22.7. The van der Waals surface area contributed by atoms with Crippen molar-refractivity contribution in [2.24, 2.45) is 33.7 Å².